The number of ether oxygens (including phenoxy) is 1. The van der Waals surface area contributed by atoms with E-state index in [2.05, 4.69) is 0 Å². The number of fused-ring (bicyclic) bond motifs is 3. The highest BCUT2D eigenvalue weighted by Crippen LogP contribution is 2.46. The molecule has 3 nitrogen and oxygen atoms in total. The molecule has 0 amide bonds. The molecule has 0 saturated heterocycles. The largest absolute Gasteiger partial charge is 0.508 e. The molecule has 3 heteroatoms. The molecule has 2 aromatic rings. The molecule has 0 spiro atoms. The summed E-state index contributed by atoms with van der Waals surface area (Å²) in [5.74, 6) is 0.995. The van der Waals surface area contributed by atoms with Crippen LogP contribution in [0.4, 0.5) is 0 Å². The molecule has 19 heavy (non-hydrogen) atoms. The molecule has 0 heterocycles. The Labute approximate surface area is 112 Å². The van der Waals surface area contributed by atoms with Crippen LogP contribution in [0.25, 0.3) is 11.1 Å². The summed E-state index contributed by atoms with van der Waals surface area (Å²) in [7, 11) is 0. The predicted octanol–water partition coefficient (Wildman–Crippen LogP) is 3.46. The minimum absolute atomic E-state index is 0.00881. The van der Waals surface area contributed by atoms with Gasteiger partial charge in [0.25, 0.3) is 0 Å². The first-order valence-electron chi connectivity index (χ1n) is 6.40. The number of phenolic OH excluding ortho intramolecular Hbond substituents is 2. The lowest BCUT2D eigenvalue weighted by molar-refractivity contribution is 0.230. The van der Waals surface area contributed by atoms with E-state index in [1.165, 1.54) is 0 Å². The molecule has 0 aliphatic heterocycles. The molecule has 0 aromatic heterocycles. The zero-order valence-corrected chi connectivity index (χ0v) is 11.0. The maximum atomic E-state index is 9.98. The van der Waals surface area contributed by atoms with E-state index in [1.807, 2.05) is 26.0 Å². The average Bonchev–Trinajstić information content (AvgIpc) is 2.70. The average molecular weight is 256 g/mol. The van der Waals surface area contributed by atoms with Crippen LogP contribution in [0, 0.1) is 0 Å². The number of benzene rings is 2. The highest BCUT2D eigenvalue weighted by molar-refractivity contribution is 5.81. The first-order valence-corrected chi connectivity index (χ1v) is 6.40. The van der Waals surface area contributed by atoms with Crippen LogP contribution in [0.2, 0.25) is 0 Å². The molecule has 1 aliphatic carbocycles. The molecule has 98 valence electrons. The second kappa shape index (κ2) is 4.19. The maximum Gasteiger partial charge on any atom is 0.165 e. The number of aromatic hydroxyl groups is 2. The minimum Gasteiger partial charge on any atom is -0.508 e. The molecular weight excluding hydrogens is 240 g/mol. The lowest BCUT2D eigenvalue weighted by Crippen LogP contribution is -2.07. The predicted molar refractivity (Wildman–Crippen MR) is 73.8 cm³/mol. The fourth-order valence-corrected chi connectivity index (χ4v) is 2.59. The second-order valence-electron chi connectivity index (χ2n) is 5.12. The zero-order chi connectivity index (χ0) is 13.6. The van der Waals surface area contributed by atoms with Gasteiger partial charge < -0.3 is 14.9 Å². The molecule has 0 bridgehead atoms. The smallest absolute Gasteiger partial charge is 0.165 e. The molecule has 0 fully saturated rings. The van der Waals surface area contributed by atoms with Crippen LogP contribution in [0.15, 0.2) is 30.3 Å². The Morgan fingerprint density at radius 1 is 1.05 bits per heavy atom. The first-order chi connectivity index (χ1) is 9.06. The van der Waals surface area contributed by atoms with E-state index in [-0.39, 0.29) is 17.6 Å². The number of hydrogen-bond acceptors (Lipinski definition) is 3. The summed E-state index contributed by atoms with van der Waals surface area (Å²) in [5, 5.41) is 19.5. The van der Waals surface area contributed by atoms with E-state index in [0.717, 1.165) is 22.3 Å². The third kappa shape index (κ3) is 1.91. The van der Waals surface area contributed by atoms with Crippen LogP contribution < -0.4 is 4.74 Å². The standard InChI is InChI=1S/C16H16O3/c1-9(2)19-16-14-8-10-7-11(17)3-4-12(10)13(14)5-6-15(16)18/h3-7,9,17-18H,8H2,1-2H3. The lowest BCUT2D eigenvalue weighted by Gasteiger charge is -2.15. The van der Waals surface area contributed by atoms with Gasteiger partial charge in [0, 0.05) is 12.0 Å². The molecule has 2 aromatic carbocycles. The summed E-state index contributed by atoms with van der Waals surface area (Å²) in [6, 6.07) is 8.93. The fraction of sp³-hybridized carbons (Fsp3) is 0.250. The van der Waals surface area contributed by atoms with Crippen LogP contribution in [0.1, 0.15) is 25.0 Å². The lowest BCUT2D eigenvalue weighted by atomic mass is 10.0. The minimum atomic E-state index is 0.00881. The highest BCUT2D eigenvalue weighted by Gasteiger charge is 2.24. The zero-order valence-electron chi connectivity index (χ0n) is 11.0. The second-order valence-corrected chi connectivity index (χ2v) is 5.12. The van der Waals surface area contributed by atoms with E-state index < -0.39 is 0 Å². The van der Waals surface area contributed by atoms with Gasteiger partial charge in [-0.3, -0.25) is 0 Å². The van der Waals surface area contributed by atoms with Gasteiger partial charge in [-0.1, -0.05) is 12.1 Å². The van der Waals surface area contributed by atoms with Gasteiger partial charge in [0.15, 0.2) is 11.5 Å². The molecular formula is C16H16O3. The van der Waals surface area contributed by atoms with E-state index in [9.17, 15) is 10.2 Å². The van der Waals surface area contributed by atoms with Crippen LogP contribution in [-0.4, -0.2) is 16.3 Å². The summed E-state index contributed by atoms with van der Waals surface area (Å²) in [6.45, 7) is 3.87. The molecule has 0 saturated carbocycles. The van der Waals surface area contributed by atoms with Crippen molar-refractivity contribution in [2.45, 2.75) is 26.4 Å². The van der Waals surface area contributed by atoms with Crippen LogP contribution in [-0.2, 0) is 6.42 Å². The van der Waals surface area contributed by atoms with Gasteiger partial charge >= 0.3 is 0 Å². The monoisotopic (exact) mass is 256 g/mol. The van der Waals surface area contributed by atoms with E-state index in [1.54, 1.807) is 18.2 Å². The Balaban J connectivity index is 2.15. The van der Waals surface area contributed by atoms with Gasteiger partial charge in [0.2, 0.25) is 0 Å². The summed E-state index contributed by atoms with van der Waals surface area (Å²) < 4.78 is 5.74. The molecule has 0 radical (unpaired) electrons. The Bertz CT molecular complexity index is 645. The van der Waals surface area contributed by atoms with Gasteiger partial charge in [-0.2, -0.15) is 0 Å². The van der Waals surface area contributed by atoms with Crippen molar-refractivity contribution in [1.29, 1.82) is 0 Å². The van der Waals surface area contributed by atoms with E-state index in [4.69, 9.17) is 4.74 Å². The molecule has 3 rings (SSSR count). The Morgan fingerprint density at radius 3 is 2.53 bits per heavy atom. The van der Waals surface area contributed by atoms with Gasteiger partial charge in [-0.15, -0.1) is 0 Å². The first kappa shape index (κ1) is 11.9. The molecule has 2 N–H and O–H groups in total. The SMILES string of the molecule is CC(C)Oc1c(O)ccc2c1Cc1cc(O)ccc1-2. The number of rotatable bonds is 2. The third-order valence-electron chi connectivity index (χ3n) is 3.34. The van der Waals surface area contributed by atoms with Crippen molar-refractivity contribution in [1.82, 2.24) is 0 Å². The van der Waals surface area contributed by atoms with Crippen LogP contribution in [0.5, 0.6) is 17.2 Å². The molecule has 1 aliphatic rings. The van der Waals surface area contributed by atoms with Gasteiger partial charge in [-0.05, 0) is 48.7 Å². The van der Waals surface area contributed by atoms with E-state index in [0.29, 0.717) is 12.2 Å². The fourth-order valence-electron chi connectivity index (χ4n) is 2.59. The molecule has 0 atom stereocenters. The number of phenols is 2. The van der Waals surface area contributed by atoms with E-state index >= 15 is 0 Å². The normalized spacial score (nSPS) is 12.4. The van der Waals surface area contributed by atoms with Crippen molar-refractivity contribution in [3.63, 3.8) is 0 Å². The van der Waals surface area contributed by atoms with Crippen molar-refractivity contribution >= 4 is 0 Å². The summed E-state index contributed by atoms with van der Waals surface area (Å²) in [4.78, 5) is 0. The van der Waals surface area contributed by atoms with Gasteiger partial charge in [0.05, 0.1) is 6.10 Å². The highest BCUT2D eigenvalue weighted by atomic mass is 16.5. The van der Waals surface area contributed by atoms with Crippen LogP contribution >= 0.6 is 0 Å². The summed E-state index contributed by atoms with van der Waals surface area (Å²) >= 11 is 0. The summed E-state index contributed by atoms with van der Waals surface area (Å²) in [6.07, 6.45) is 0.685. The van der Waals surface area contributed by atoms with Gasteiger partial charge in [0.1, 0.15) is 5.75 Å². The van der Waals surface area contributed by atoms with Gasteiger partial charge in [-0.25, -0.2) is 0 Å². The quantitative estimate of drug-likeness (QED) is 0.738. The van der Waals surface area contributed by atoms with Crippen molar-refractivity contribution in [2.24, 2.45) is 0 Å². The van der Waals surface area contributed by atoms with Crippen molar-refractivity contribution < 1.29 is 14.9 Å². The topological polar surface area (TPSA) is 49.7 Å². The van der Waals surface area contributed by atoms with Crippen molar-refractivity contribution in [3.05, 3.63) is 41.5 Å². The third-order valence-corrected chi connectivity index (χ3v) is 3.34. The Kier molecular flexibility index (Phi) is 2.63. The Morgan fingerprint density at radius 2 is 1.79 bits per heavy atom. The van der Waals surface area contributed by atoms with Crippen molar-refractivity contribution in [2.75, 3.05) is 0 Å². The maximum absolute atomic E-state index is 9.98. The van der Waals surface area contributed by atoms with Crippen molar-refractivity contribution in [3.8, 4) is 28.4 Å². The Hall–Kier alpha value is -2.16. The molecule has 0 unspecified atom stereocenters. The number of hydrogen-bond donors (Lipinski definition) is 2. The summed E-state index contributed by atoms with van der Waals surface area (Å²) in [5.41, 5.74) is 4.23. The van der Waals surface area contributed by atoms with Crippen LogP contribution in [0.3, 0.4) is 0 Å².